The molecule has 1 aromatic carbocycles. The molecule has 2 aromatic rings. The standard InChI is InChI=1S/C20H28N4O2/c1-16-21-11-14-23(16)13-10-17-7-5-6-12-24(17)15-20(25)22-18-8-3-4-9-19(18)26-2/h3-4,8-9,11,14,17H,5-7,10,12-13,15H2,1-2H3,(H,22,25)/t17-/m0/s1. The normalized spacial score (nSPS) is 17.8. The number of aryl methyl sites for hydroxylation is 2. The number of methoxy groups -OCH3 is 1. The SMILES string of the molecule is COc1ccccc1NC(=O)CN1CCCC[C@H]1CCn1ccnc1C. The predicted octanol–water partition coefficient (Wildman–Crippen LogP) is 3.08. The Morgan fingerprint density at radius 1 is 1.35 bits per heavy atom. The van der Waals surface area contributed by atoms with Crippen molar-refractivity contribution in [3.63, 3.8) is 0 Å². The molecule has 1 atom stereocenters. The predicted molar refractivity (Wildman–Crippen MR) is 102 cm³/mol. The summed E-state index contributed by atoms with van der Waals surface area (Å²) in [6.45, 7) is 4.37. The summed E-state index contributed by atoms with van der Waals surface area (Å²) in [5.74, 6) is 1.74. The van der Waals surface area contributed by atoms with Gasteiger partial charge in [-0.15, -0.1) is 0 Å². The highest BCUT2D eigenvalue weighted by Crippen LogP contribution is 2.24. The lowest BCUT2D eigenvalue weighted by molar-refractivity contribution is -0.118. The van der Waals surface area contributed by atoms with Crippen LogP contribution in [0.15, 0.2) is 36.7 Å². The molecule has 0 spiro atoms. The van der Waals surface area contributed by atoms with Crippen LogP contribution in [0.4, 0.5) is 5.69 Å². The summed E-state index contributed by atoms with van der Waals surface area (Å²) in [6.07, 6.45) is 8.45. The molecule has 3 rings (SSSR count). The maximum atomic E-state index is 12.6. The van der Waals surface area contributed by atoms with E-state index in [9.17, 15) is 4.79 Å². The summed E-state index contributed by atoms with van der Waals surface area (Å²) >= 11 is 0. The molecule has 1 saturated heterocycles. The lowest BCUT2D eigenvalue weighted by atomic mass is 9.99. The summed E-state index contributed by atoms with van der Waals surface area (Å²) in [5.41, 5.74) is 0.725. The van der Waals surface area contributed by atoms with E-state index in [0.717, 1.165) is 43.9 Å². The van der Waals surface area contributed by atoms with Crippen LogP contribution in [0.25, 0.3) is 0 Å². The van der Waals surface area contributed by atoms with Gasteiger partial charge in [0.15, 0.2) is 0 Å². The second-order valence-electron chi connectivity index (χ2n) is 6.83. The monoisotopic (exact) mass is 356 g/mol. The van der Waals surface area contributed by atoms with Gasteiger partial charge in [0.25, 0.3) is 0 Å². The van der Waals surface area contributed by atoms with Crippen molar-refractivity contribution in [2.45, 2.75) is 45.2 Å². The number of hydrogen-bond acceptors (Lipinski definition) is 4. The number of amides is 1. The first-order valence-corrected chi connectivity index (χ1v) is 9.32. The van der Waals surface area contributed by atoms with Crippen molar-refractivity contribution in [1.29, 1.82) is 0 Å². The minimum Gasteiger partial charge on any atom is -0.495 e. The number of anilines is 1. The third kappa shape index (κ3) is 4.64. The lowest BCUT2D eigenvalue weighted by Gasteiger charge is -2.35. The second kappa shape index (κ2) is 8.85. The molecule has 0 saturated carbocycles. The molecule has 0 aliphatic carbocycles. The molecule has 1 amide bonds. The summed E-state index contributed by atoms with van der Waals surface area (Å²) < 4.78 is 7.49. The third-order valence-electron chi connectivity index (χ3n) is 5.10. The van der Waals surface area contributed by atoms with Gasteiger partial charge in [0.05, 0.1) is 19.3 Å². The molecule has 0 unspecified atom stereocenters. The number of benzene rings is 1. The number of aromatic nitrogens is 2. The van der Waals surface area contributed by atoms with Crippen molar-refractivity contribution in [2.75, 3.05) is 25.5 Å². The van der Waals surface area contributed by atoms with Crippen LogP contribution < -0.4 is 10.1 Å². The van der Waals surface area contributed by atoms with Gasteiger partial charge in [-0.3, -0.25) is 9.69 Å². The molecule has 6 heteroatoms. The summed E-state index contributed by atoms with van der Waals surface area (Å²) in [5, 5.41) is 2.99. The molecule has 1 N–H and O–H groups in total. The second-order valence-corrected chi connectivity index (χ2v) is 6.83. The largest absolute Gasteiger partial charge is 0.495 e. The van der Waals surface area contributed by atoms with Gasteiger partial charge in [0, 0.05) is 25.0 Å². The van der Waals surface area contributed by atoms with Crippen LogP contribution in [-0.4, -0.2) is 46.6 Å². The van der Waals surface area contributed by atoms with E-state index in [-0.39, 0.29) is 5.91 Å². The molecule has 1 aliphatic rings. The van der Waals surface area contributed by atoms with Crippen LogP contribution in [0.3, 0.4) is 0 Å². The van der Waals surface area contributed by atoms with E-state index < -0.39 is 0 Å². The zero-order valence-electron chi connectivity index (χ0n) is 15.6. The highest BCUT2D eigenvalue weighted by Gasteiger charge is 2.24. The van der Waals surface area contributed by atoms with Crippen LogP contribution in [0, 0.1) is 6.92 Å². The fourth-order valence-electron chi connectivity index (χ4n) is 3.65. The number of likely N-dealkylation sites (tertiary alicyclic amines) is 1. The molecule has 140 valence electrons. The molecule has 1 fully saturated rings. The van der Waals surface area contributed by atoms with Crippen LogP contribution in [0.5, 0.6) is 5.75 Å². The van der Waals surface area contributed by atoms with Gasteiger partial charge in [-0.05, 0) is 44.9 Å². The van der Waals surface area contributed by atoms with E-state index >= 15 is 0 Å². The quantitative estimate of drug-likeness (QED) is 0.828. The number of nitrogens with zero attached hydrogens (tertiary/aromatic N) is 3. The van der Waals surface area contributed by atoms with Crippen molar-refractivity contribution >= 4 is 11.6 Å². The van der Waals surface area contributed by atoms with Gasteiger partial charge in [0.1, 0.15) is 11.6 Å². The van der Waals surface area contributed by atoms with Crippen molar-refractivity contribution in [3.05, 3.63) is 42.5 Å². The van der Waals surface area contributed by atoms with Gasteiger partial charge in [-0.2, -0.15) is 0 Å². The number of carbonyl (C=O) groups excluding carboxylic acids is 1. The molecule has 26 heavy (non-hydrogen) atoms. The number of piperidine rings is 1. The summed E-state index contributed by atoms with van der Waals surface area (Å²) in [6, 6.07) is 7.95. The van der Waals surface area contributed by atoms with Crippen molar-refractivity contribution in [1.82, 2.24) is 14.5 Å². The Hall–Kier alpha value is -2.34. The molecule has 0 bridgehead atoms. The van der Waals surface area contributed by atoms with Crippen molar-refractivity contribution in [3.8, 4) is 5.75 Å². The van der Waals surface area contributed by atoms with E-state index in [4.69, 9.17) is 4.74 Å². The highest BCUT2D eigenvalue weighted by atomic mass is 16.5. The van der Waals surface area contributed by atoms with Crippen molar-refractivity contribution < 1.29 is 9.53 Å². The van der Waals surface area contributed by atoms with Gasteiger partial charge >= 0.3 is 0 Å². The average Bonchev–Trinajstić information content (AvgIpc) is 3.06. The molecule has 2 heterocycles. The van der Waals surface area contributed by atoms with Crippen molar-refractivity contribution in [2.24, 2.45) is 0 Å². The average molecular weight is 356 g/mol. The first kappa shape index (κ1) is 18.5. The Kier molecular flexibility index (Phi) is 6.28. The Bertz CT molecular complexity index is 728. The van der Waals surface area contributed by atoms with E-state index in [1.165, 1.54) is 6.42 Å². The van der Waals surface area contributed by atoms with Crippen LogP contribution in [-0.2, 0) is 11.3 Å². The van der Waals surface area contributed by atoms with E-state index in [1.54, 1.807) is 7.11 Å². The fraction of sp³-hybridized carbons (Fsp3) is 0.500. The van der Waals surface area contributed by atoms with E-state index in [2.05, 4.69) is 19.8 Å². The van der Waals surface area contributed by atoms with E-state index in [1.807, 2.05) is 43.6 Å². The third-order valence-corrected chi connectivity index (χ3v) is 5.10. The number of rotatable bonds is 7. The molecule has 1 aliphatic heterocycles. The fourth-order valence-corrected chi connectivity index (χ4v) is 3.65. The van der Waals surface area contributed by atoms with Crippen LogP contribution in [0.1, 0.15) is 31.5 Å². The summed E-state index contributed by atoms with van der Waals surface area (Å²) in [7, 11) is 1.61. The van der Waals surface area contributed by atoms with Crippen LogP contribution in [0.2, 0.25) is 0 Å². The Balaban J connectivity index is 1.57. The molecule has 0 radical (unpaired) electrons. The van der Waals surface area contributed by atoms with Gasteiger partial charge in [0.2, 0.25) is 5.91 Å². The number of imidazole rings is 1. The zero-order valence-corrected chi connectivity index (χ0v) is 15.6. The maximum absolute atomic E-state index is 12.6. The number of ether oxygens (including phenoxy) is 1. The van der Waals surface area contributed by atoms with Gasteiger partial charge in [-0.1, -0.05) is 18.6 Å². The smallest absolute Gasteiger partial charge is 0.238 e. The topological polar surface area (TPSA) is 59.4 Å². The highest BCUT2D eigenvalue weighted by molar-refractivity contribution is 5.93. The Morgan fingerprint density at radius 3 is 2.96 bits per heavy atom. The first-order chi connectivity index (χ1) is 12.7. The van der Waals surface area contributed by atoms with Gasteiger partial charge < -0.3 is 14.6 Å². The number of nitrogens with one attached hydrogen (secondary N) is 1. The molecule has 1 aromatic heterocycles. The summed E-state index contributed by atoms with van der Waals surface area (Å²) in [4.78, 5) is 19.2. The minimum atomic E-state index is 0.0141. The number of carbonyl (C=O) groups is 1. The molecular formula is C20H28N4O2. The zero-order chi connectivity index (χ0) is 18.4. The van der Waals surface area contributed by atoms with Gasteiger partial charge in [-0.25, -0.2) is 4.98 Å². The Morgan fingerprint density at radius 2 is 2.19 bits per heavy atom. The first-order valence-electron chi connectivity index (χ1n) is 9.32. The lowest BCUT2D eigenvalue weighted by Crippen LogP contribution is -2.44. The van der Waals surface area contributed by atoms with E-state index in [0.29, 0.717) is 18.3 Å². The maximum Gasteiger partial charge on any atom is 0.238 e. The Labute approximate surface area is 155 Å². The molecular weight excluding hydrogens is 328 g/mol. The number of para-hydroxylation sites is 2. The van der Waals surface area contributed by atoms with Crippen LogP contribution >= 0.6 is 0 Å². The minimum absolute atomic E-state index is 0.0141. The molecule has 6 nitrogen and oxygen atoms in total. The number of hydrogen-bond donors (Lipinski definition) is 1.